The third-order valence-corrected chi connectivity index (χ3v) is 2.14. The van der Waals surface area contributed by atoms with Gasteiger partial charge in [0.05, 0.1) is 6.17 Å². The third-order valence-electron chi connectivity index (χ3n) is 2.14. The summed E-state index contributed by atoms with van der Waals surface area (Å²) in [7, 11) is 0. The molecule has 2 rings (SSSR count). The molecule has 4 heteroatoms. The van der Waals surface area contributed by atoms with Gasteiger partial charge in [-0.1, -0.05) is 30.3 Å². The highest BCUT2D eigenvalue weighted by Crippen LogP contribution is 2.18. The number of rotatable bonds is 2. The van der Waals surface area contributed by atoms with Crippen LogP contribution in [0, 0.1) is 0 Å². The maximum Gasteiger partial charge on any atom is 0.141 e. The van der Waals surface area contributed by atoms with Gasteiger partial charge in [-0.05, 0) is 6.92 Å². The second-order valence-corrected chi connectivity index (χ2v) is 3.26. The van der Waals surface area contributed by atoms with Crippen LogP contribution in [-0.4, -0.2) is 9.55 Å². The van der Waals surface area contributed by atoms with Gasteiger partial charge in [0.25, 0.3) is 0 Å². The Bertz CT molecular complexity index is 409. The lowest BCUT2D eigenvalue weighted by atomic mass is 10.2. The smallest absolute Gasteiger partial charge is 0.141 e. The molecule has 0 bridgehead atoms. The fourth-order valence-electron chi connectivity index (χ4n) is 1.45. The van der Waals surface area contributed by atoms with Crippen molar-refractivity contribution in [1.29, 1.82) is 0 Å². The Hall–Kier alpha value is -1.32. The molecule has 2 N–H and O–H groups in total. The summed E-state index contributed by atoms with van der Waals surface area (Å²) in [6.45, 7) is 1.94. The van der Waals surface area contributed by atoms with E-state index in [2.05, 4.69) is 4.98 Å². The molecule has 0 aliphatic heterocycles. The van der Waals surface area contributed by atoms with E-state index in [4.69, 9.17) is 5.73 Å². The molecular weight excluding hydrogens is 210 g/mol. The number of halogens is 1. The van der Waals surface area contributed by atoms with Crippen molar-refractivity contribution in [1.82, 2.24) is 9.55 Å². The summed E-state index contributed by atoms with van der Waals surface area (Å²) in [5, 5.41) is 0. The fraction of sp³-hybridized carbons (Fsp3) is 0.182. The highest BCUT2D eigenvalue weighted by molar-refractivity contribution is 5.85. The minimum atomic E-state index is -0.0484. The van der Waals surface area contributed by atoms with Gasteiger partial charge >= 0.3 is 0 Å². The molecule has 0 radical (unpaired) electrons. The van der Waals surface area contributed by atoms with E-state index in [0.29, 0.717) is 0 Å². The topological polar surface area (TPSA) is 43.8 Å². The first-order chi connectivity index (χ1) is 6.79. The molecule has 0 fully saturated rings. The van der Waals surface area contributed by atoms with Crippen molar-refractivity contribution < 1.29 is 0 Å². The van der Waals surface area contributed by atoms with E-state index < -0.39 is 0 Å². The molecule has 0 spiro atoms. The third kappa shape index (κ3) is 2.37. The van der Waals surface area contributed by atoms with Crippen molar-refractivity contribution >= 4 is 12.4 Å². The first-order valence-corrected chi connectivity index (χ1v) is 4.63. The van der Waals surface area contributed by atoms with Gasteiger partial charge in [0.1, 0.15) is 5.82 Å². The summed E-state index contributed by atoms with van der Waals surface area (Å²) < 4.78 is 1.95. The molecule has 1 atom stereocenters. The Balaban J connectivity index is 0.00000112. The zero-order valence-electron chi connectivity index (χ0n) is 8.50. The van der Waals surface area contributed by atoms with Crippen LogP contribution in [0.3, 0.4) is 0 Å². The number of benzene rings is 1. The van der Waals surface area contributed by atoms with Gasteiger partial charge in [0, 0.05) is 18.0 Å². The van der Waals surface area contributed by atoms with Crippen molar-refractivity contribution in [2.45, 2.75) is 13.1 Å². The average Bonchev–Trinajstić information content (AvgIpc) is 2.67. The van der Waals surface area contributed by atoms with Gasteiger partial charge in [-0.3, -0.25) is 0 Å². The first-order valence-electron chi connectivity index (χ1n) is 4.63. The summed E-state index contributed by atoms with van der Waals surface area (Å²) in [5.74, 6) is 0.917. The summed E-state index contributed by atoms with van der Waals surface area (Å²) in [6, 6.07) is 10.0. The molecule has 1 aromatic heterocycles. The van der Waals surface area contributed by atoms with Crippen LogP contribution in [0.2, 0.25) is 0 Å². The zero-order valence-corrected chi connectivity index (χ0v) is 9.32. The summed E-state index contributed by atoms with van der Waals surface area (Å²) in [6.07, 6.45) is 3.62. The highest BCUT2D eigenvalue weighted by Gasteiger charge is 2.06. The number of hydrogen-bond acceptors (Lipinski definition) is 2. The minimum Gasteiger partial charge on any atom is -0.315 e. The van der Waals surface area contributed by atoms with Gasteiger partial charge < -0.3 is 10.3 Å². The highest BCUT2D eigenvalue weighted by atomic mass is 35.5. The molecule has 0 saturated heterocycles. The number of hydrogen-bond donors (Lipinski definition) is 1. The molecule has 80 valence electrons. The van der Waals surface area contributed by atoms with Gasteiger partial charge in [0.15, 0.2) is 0 Å². The maximum absolute atomic E-state index is 5.82. The lowest BCUT2D eigenvalue weighted by Gasteiger charge is -2.10. The van der Waals surface area contributed by atoms with Crippen LogP contribution in [0.25, 0.3) is 11.4 Å². The molecule has 3 nitrogen and oxygen atoms in total. The van der Waals surface area contributed by atoms with E-state index >= 15 is 0 Å². The predicted molar refractivity (Wildman–Crippen MR) is 63.8 cm³/mol. The zero-order chi connectivity index (χ0) is 9.97. The standard InChI is InChI=1S/C11H13N3.ClH/c1-9(12)14-8-7-13-11(14)10-5-3-2-4-6-10;/h2-9H,12H2,1H3;1H. The largest absolute Gasteiger partial charge is 0.315 e. The molecule has 1 aromatic carbocycles. The normalized spacial score (nSPS) is 11.9. The van der Waals surface area contributed by atoms with Crippen LogP contribution in [-0.2, 0) is 0 Å². The molecular formula is C11H14ClN3. The molecule has 0 aliphatic rings. The summed E-state index contributed by atoms with van der Waals surface area (Å²) >= 11 is 0. The monoisotopic (exact) mass is 223 g/mol. The van der Waals surface area contributed by atoms with Gasteiger partial charge in [0.2, 0.25) is 0 Å². The van der Waals surface area contributed by atoms with Crippen molar-refractivity contribution in [3.8, 4) is 11.4 Å². The average molecular weight is 224 g/mol. The SMILES string of the molecule is CC(N)n1ccnc1-c1ccccc1.Cl. The predicted octanol–water partition coefficient (Wildman–Crippen LogP) is 2.45. The number of imidazole rings is 1. The van der Waals surface area contributed by atoms with E-state index in [1.54, 1.807) is 6.20 Å². The van der Waals surface area contributed by atoms with Crippen molar-refractivity contribution in [2.24, 2.45) is 5.73 Å². The fourth-order valence-corrected chi connectivity index (χ4v) is 1.45. The molecule has 1 unspecified atom stereocenters. The lowest BCUT2D eigenvalue weighted by Crippen LogP contribution is -2.14. The van der Waals surface area contributed by atoms with E-state index in [1.807, 2.05) is 48.0 Å². The lowest BCUT2D eigenvalue weighted by molar-refractivity contribution is 0.577. The Morgan fingerprint density at radius 3 is 2.53 bits per heavy atom. The quantitative estimate of drug-likeness (QED) is 0.850. The van der Waals surface area contributed by atoms with E-state index in [1.165, 1.54) is 0 Å². The first kappa shape index (κ1) is 11.8. The van der Waals surface area contributed by atoms with Crippen LogP contribution >= 0.6 is 12.4 Å². The van der Waals surface area contributed by atoms with Crippen LogP contribution < -0.4 is 5.73 Å². The Morgan fingerprint density at radius 2 is 1.93 bits per heavy atom. The Morgan fingerprint density at radius 1 is 1.27 bits per heavy atom. The minimum absolute atomic E-state index is 0. The summed E-state index contributed by atoms with van der Waals surface area (Å²) in [5.41, 5.74) is 6.91. The molecule has 0 saturated carbocycles. The van der Waals surface area contributed by atoms with Crippen LogP contribution in [0.1, 0.15) is 13.1 Å². The number of nitrogens with two attached hydrogens (primary N) is 1. The van der Waals surface area contributed by atoms with Crippen molar-refractivity contribution in [3.63, 3.8) is 0 Å². The summed E-state index contributed by atoms with van der Waals surface area (Å²) in [4.78, 5) is 4.29. The second kappa shape index (κ2) is 4.96. The number of aromatic nitrogens is 2. The Kier molecular flexibility index (Phi) is 3.88. The van der Waals surface area contributed by atoms with Crippen LogP contribution in [0.4, 0.5) is 0 Å². The van der Waals surface area contributed by atoms with E-state index in [-0.39, 0.29) is 18.6 Å². The number of nitrogens with zero attached hydrogens (tertiary/aromatic N) is 2. The van der Waals surface area contributed by atoms with E-state index in [9.17, 15) is 0 Å². The second-order valence-electron chi connectivity index (χ2n) is 3.26. The van der Waals surface area contributed by atoms with Crippen molar-refractivity contribution in [2.75, 3.05) is 0 Å². The van der Waals surface area contributed by atoms with Gasteiger partial charge in [-0.15, -0.1) is 12.4 Å². The van der Waals surface area contributed by atoms with Gasteiger partial charge in [-0.2, -0.15) is 0 Å². The van der Waals surface area contributed by atoms with Crippen LogP contribution in [0.15, 0.2) is 42.7 Å². The maximum atomic E-state index is 5.82. The Labute approximate surface area is 95.4 Å². The molecule has 15 heavy (non-hydrogen) atoms. The molecule has 1 heterocycles. The van der Waals surface area contributed by atoms with Crippen molar-refractivity contribution in [3.05, 3.63) is 42.7 Å². The molecule has 2 aromatic rings. The van der Waals surface area contributed by atoms with Gasteiger partial charge in [-0.25, -0.2) is 4.98 Å². The van der Waals surface area contributed by atoms with E-state index in [0.717, 1.165) is 11.4 Å². The molecule has 0 aliphatic carbocycles. The van der Waals surface area contributed by atoms with Crippen LogP contribution in [0.5, 0.6) is 0 Å². The molecule has 0 amide bonds.